The molecule has 1 fully saturated rings. The second-order valence-corrected chi connectivity index (χ2v) is 8.59. The Bertz CT molecular complexity index is 946. The lowest BCUT2D eigenvalue weighted by Crippen LogP contribution is -2.51. The van der Waals surface area contributed by atoms with Crippen molar-refractivity contribution < 1.29 is 17.6 Å². The molecule has 0 bridgehead atoms. The molecule has 7 nitrogen and oxygen atoms in total. The summed E-state index contributed by atoms with van der Waals surface area (Å²) in [5, 5.41) is 4.19. The van der Waals surface area contributed by atoms with Gasteiger partial charge >= 0.3 is 0 Å². The maximum absolute atomic E-state index is 13.0. The molecule has 0 unspecified atom stereocenters. The van der Waals surface area contributed by atoms with Gasteiger partial charge in [-0.3, -0.25) is 9.48 Å². The Kier molecular flexibility index (Phi) is 5.34. The van der Waals surface area contributed by atoms with E-state index in [4.69, 9.17) is 0 Å². The maximum atomic E-state index is 13.0. The van der Waals surface area contributed by atoms with Crippen LogP contribution in [0.5, 0.6) is 0 Å². The summed E-state index contributed by atoms with van der Waals surface area (Å²) in [5.74, 6) is -0.432. The van der Waals surface area contributed by atoms with Crippen molar-refractivity contribution in [1.29, 1.82) is 0 Å². The highest BCUT2D eigenvalue weighted by atomic mass is 32.2. The molecule has 1 aliphatic heterocycles. The van der Waals surface area contributed by atoms with Gasteiger partial charge < -0.3 is 4.90 Å². The van der Waals surface area contributed by atoms with Crippen LogP contribution in [0.3, 0.4) is 0 Å². The van der Waals surface area contributed by atoms with Gasteiger partial charge in [-0.25, -0.2) is 12.8 Å². The van der Waals surface area contributed by atoms with Gasteiger partial charge in [0.15, 0.2) is 0 Å². The molecule has 9 heteroatoms. The molecule has 1 aromatic heterocycles. The normalized spacial score (nSPS) is 15.9. The van der Waals surface area contributed by atoms with E-state index in [1.807, 2.05) is 0 Å². The van der Waals surface area contributed by atoms with E-state index in [0.717, 1.165) is 5.56 Å². The minimum atomic E-state index is -3.64. The SMILES string of the molecule is Cc1nn(C)c(C)c1S(=O)(=O)N1CCN(C(=O)Cc2ccc(F)cc2)CC1. The molecule has 2 aromatic rings. The number of amides is 1. The van der Waals surface area contributed by atoms with Crippen molar-refractivity contribution in [2.45, 2.75) is 25.2 Å². The van der Waals surface area contributed by atoms with Crippen molar-refractivity contribution in [2.24, 2.45) is 7.05 Å². The van der Waals surface area contributed by atoms with Gasteiger partial charge in [-0.15, -0.1) is 0 Å². The zero-order valence-electron chi connectivity index (χ0n) is 15.6. The monoisotopic (exact) mass is 394 g/mol. The van der Waals surface area contributed by atoms with Crippen molar-refractivity contribution in [3.8, 4) is 0 Å². The van der Waals surface area contributed by atoms with Gasteiger partial charge in [0.2, 0.25) is 15.9 Å². The molecule has 0 aliphatic carbocycles. The summed E-state index contributed by atoms with van der Waals surface area (Å²) in [6, 6.07) is 5.82. The van der Waals surface area contributed by atoms with E-state index < -0.39 is 10.0 Å². The zero-order chi connectivity index (χ0) is 19.8. The minimum Gasteiger partial charge on any atom is -0.340 e. The number of aryl methyl sites for hydroxylation is 2. The third kappa shape index (κ3) is 3.89. The van der Waals surface area contributed by atoms with E-state index in [1.54, 1.807) is 42.6 Å². The Balaban J connectivity index is 1.66. The molecule has 0 spiro atoms. The summed E-state index contributed by atoms with van der Waals surface area (Å²) in [7, 11) is -1.93. The number of halogens is 1. The van der Waals surface area contributed by atoms with Gasteiger partial charge in [0, 0.05) is 33.2 Å². The molecule has 2 heterocycles. The fourth-order valence-corrected chi connectivity index (χ4v) is 5.14. The van der Waals surface area contributed by atoms with E-state index in [0.29, 0.717) is 24.5 Å². The fourth-order valence-electron chi connectivity index (χ4n) is 3.32. The van der Waals surface area contributed by atoms with Gasteiger partial charge in [-0.2, -0.15) is 9.40 Å². The first-order valence-electron chi connectivity index (χ1n) is 8.72. The van der Waals surface area contributed by atoms with Gasteiger partial charge in [0.1, 0.15) is 10.7 Å². The first kappa shape index (κ1) is 19.5. The number of aromatic nitrogens is 2. The average molecular weight is 394 g/mol. The minimum absolute atomic E-state index is 0.0904. The lowest BCUT2D eigenvalue weighted by atomic mass is 10.1. The maximum Gasteiger partial charge on any atom is 0.246 e. The smallest absolute Gasteiger partial charge is 0.246 e. The third-order valence-electron chi connectivity index (χ3n) is 4.90. The van der Waals surface area contributed by atoms with Crippen LogP contribution in [0.15, 0.2) is 29.2 Å². The van der Waals surface area contributed by atoms with Gasteiger partial charge in [0.05, 0.1) is 17.8 Å². The van der Waals surface area contributed by atoms with Crippen LogP contribution in [0.1, 0.15) is 17.0 Å². The summed E-state index contributed by atoms with van der Waals surface area (Å²) < 4.78 is 41.9. The number of nitrogens with zero attached hydrogens (tertiary/aromatic N) is 4. The van der Waals surface area contributed by atoms with Crippen LogP contribution >= 0.6 is 0 Å². The number of carbonyl (C=O) groups excluding carboxylic acids is 1. The highest BCUT2D eigenvalue weighted by Crippen LogP contribution is 2.24. The zero-order valence-corrected chi connectivity index (χ0v) is 16.5. The number of hydrogen-bond acceptors (Lipinski definition) is 4. The molecular formula is C18H23FN4O3S. The van der Waals surface area contributed by atoms with E-state index >= 15 is 0 Å². The Labute approximate surface area is 158 Å². The van der Waals surface area contributed by atoms with E-state index in [9.17, 15) is 17.6 Å². The van der Waals surface area contributed by atoms with Crippen molar-refractivity contribution in [1.82, 2.24) is 19.0 Å². The van der Waals surface area contributed by atoms with Crippen LogP contribution in [-0.4, -0.2) is 59.5 Å². The van der Waals surface area contributed by atoms with Crippen LogP contribution in [0, 0.1) is 19.7 Å². The summed E-state index contributed by atoms with van der Waals surface area (Å²) >= 11 is 0. The van der Waals surface area contributed by atoms with Gasteiger partial charge in [-0.05, 0) is 31.5 Å². The topological polar surface area (TPSA) is 75.5 Å². The Morgan fingerprint density at radius 3 is 2.22 bits per heavy atom. The molecule has 0 radical (unpaired) electrons. The quantitative estimate of drug-likeness (QED) is 0.782. The lowest BCUT2D eigenvalue weighted by molar-refractivity contribution is -0.131. The molecule has 3 rings (SSSR count). The van der Waals surface area contributed by atoms with E-state index in [-0.39, 0.29) is 36.1 Å². The summed E-state index contributed by atoms with van der Waals surface area (Å²) in [6.45, 7) is 4.56. The van der Waals surface area contributed by atoms with Crippen molar-refractivity contribution in [3.05, 3.63) is 47.0 Å². The van der Waals surface area contributed by atoms with Gasteiger partial charge in [0.25, 0.3) is 0 Å². The second-order valence-electron chi connectivity index (χ2n) is 6.71. The molecule has 0 saturated carbocycles. The first-order chi connectivity index (χ1) is 12.7. The standard InChI is InChI=1S/C18H23FN4O3S/c1-13-18(14(2)21(3)20-13)27(25,26)23-10-8-22(9-11-23)17(24)12-15-4-6-16(19)7-5-15/h4-7H,8-12H2,1-3H3. The number of rotatable bonds is 4. The molecule has 0 N–H and O–H groups in total. The first-order valence-corrected chi connectivity index (χ1v) is 10.2. The predicted octanol–water partition coefficient (Wildman–Crippen LogP) is 1.25. The van der Waals surface area contributed by atoms with Crippen molar-refractivity contribution >= 4 is 15.9 Å². The van der Waals surface area contributed by atoms with E-state index in [1.165, 1.54) is 16.4 Å². The number of hydrogen-bond donors (Lipinski definition) is 0. The second kappa shape index (κ2) is 7.40. The van der Waals surface area contributed by atoms with Crippen molar-refractivity contribution in [3.63, 3.8) is 0 Å². The lowest BCUT2D eigenvalue weighted by Gasteiger charge is -2.34. The van der Waals surface area contributed by atoms with Crippen LogP contribution in [-0.2, 0) is 28.3 Å². The number of sulfonamides is 1. The Hall–Kier alpha value is -2.26. The van der Waals surface area contributed by atoms with Gasteiger partial charge in [-0.1, -0.05) is 12.1 Å². The molecule has 1 aliphatic rings. The Morgan fingerprint density at radius 1 is 1.11 bits per heavy atom. The highest BCUT2D eigenvalue weighted by molar-refractivity contribution is 7.89. The van der Waals surface area contributed by atoms with E-state index in [2.05, 4.69) is 5.10 Å². The van der Waals surface area contributed by atoms with Crippen LogP contribution in [0.2, 0.25) is 0 Å². The summed E-state index contributed by atoms with van der Waals surface area (Å²) in [5.41, 5.74) is 1.81. The molecule has 146 valence electrons. The number of benzene rings is 1. The summed E-state index contributed by atoms with van der Waals surface area (Å²) in [6.07, 6.45) is 0.174. The van der Waals surface area contributed by atoms with Crippen LogP contribution in [0.25, 0.3) is 0 Å². The van der Waals surface area contributed by atoms with Crippen molar-refractivity contribution in [2.75, 3.05) is 26.2 Å². The predicted molar refractivity (Wildman–Crippen MR) is 98.1 cm³/mol. The molecule has 27 heavy (non-hydrogen) atoms. The molecular weight excluding hydrogens is 371 g/mol. The third-order valence-corrected chi connectivity index (χ3v) is 7.05. The fraction of sp³-hybridized carbons (Fsp3) is 0.444. The number of carbonyl (C=O) groups is 1. The molecule has 1 aromatic carbocycles. The molecule has 1 saturated heterocycles. The average Bonchev–Trinajstić information content (AvgIpc) is 2.89. The summed E-state index contributed by atoms with van der Waals surface area (Å²) in [4.78, 5) is 14.3. The largest absolute Gasteiger partial charge is 0.340 e. The highest BCUT2D eigenvalue weighted by Gasteiger charge is 2.33. The Morgan fingerprint density at radius 2 is 1.70 bits per heavy atom. The van der Waals surface area contributed by atoms with Crippen LogP contribution in [0.4, 0.5) is 4.39 Å². The number of piperazine rings is 1. The molecule has 0 atom stereocenters. The van der Waals surface area contributed by atoms with Crippen LogP contribution < -0.4 is 0 Å². The molecule has 1 amide bonds.